The van der Waals surface area contributed by atoms with Crippen LogP contribution in [0.1, 0.15) is 17.0 Å². The van der Waals surface area contributed by atoms with E-state index in [0.29, 0.717) is 29.0 Å². The van der Waals surface area contributed by atoms with Crippen LogP contribution >= 0.6 is 11.6 Å². The van der Waals surface area contributed by atoms with Crippen LogP contribution in [0.2, 0.25) is 5.02 Å². The highest BCUT2D eigenvalue weighted by Crippen LogP contribution is 2.26. The van der Waals surface area contributed by atoms with Crippen LogP contribution in [-0.4, -0.2) is 18.2 Å². The van der Waals surface area contributed by atoms with Gasteiger partial charge in [0.2, 0.25) is 0 Å². The third kappa shape index (κ3) is 3.96. The summed E-state index contributed by atoms with van der Waals surface area (Å²) in [7, 11) is -4.24. The molecule has 0 radical (unpaired) electrons. The lowest BCUT2D eigenvalue weighted by atomic mass is 10.2. The second-order valence-corrected chi connectivity index (χ2v) is 8.03. The average Bonchev–Trinajstić information content (AvgIpc) is 2.84. The molecule has 0 amide bonds. The van der Waals surface area contributed by atoms with E-state index in [1.54, 1.807) is 24.6 Å². The quantitative estimate of drug-likeness (QED) is 0.681. The zero-order valence-electron chi connectivity index (χ0n) is 14.5. The summed E-state index contributed by atoms with van der Waals surface area (Å²) in [6.07, 6.45) is 0. The van der Waals surface area contributed by atoms with Crippen molar-refractivity contribution in [2.24, 2.45) is 0 Å². The molecule has 1 aromatic heterocycles. The van der Waals surface area contributed by atoms with Crippen LogP contribution in [0, 0.1) is 25.5 Å². The molecule has 142 valence electrons. The van der Waals surface area contributed by atoms with E-state index in [1.165, 1.54) is 0 Å². The van der Waals surface area contributed by atoms with Crippen molar-refractivity contribution in [3.63, 3.8) is 0 Å². The fourth-order valence-corrected chi connectivity index (χ4v) is 4.10. The van der Waals surface area contributed by atoms with Crippen molar-refractivity contribution < 1.29 is 17.2 Å². The van der Waals surface area contributed by atoms with Crippen LogP contribution in [-0.2, 0) is 16.6 Å². The molecule has 9 heteroatoms. The highest BCUT2D eigenvalue weighted by molar-refractivity contribution is 7.92. The third-order valence-electron chi connectivity index (χ3n) is 4.08. The van der Waals surface area contributed by atoms with Gasteiger partial charge in [-0.2, -0.15) is 5.10 Å². The van der Waals surface area contributed by atoms with E-state index in [2.05, 4.69) is 9.82 Å². The summed E-state index contributed by atoms with van der Waals surface area (Å²) in [5.41, 5.74) is 2.03. The molecule has 3 aromatic rings. The second kappa shape index (κ2) is 7.28. The summed E-state index contributed by atoms with van der Waals surface area (Å²) >= 11 is 6.16. The van der Waals surface area contributed by atoms with Gasteiger partial charge in [-0.1, -0.05) is 29.8 Å². The molecule has 0 fully saturated rings. The van der Waals surface area contributed by atoms with Crippen molar-refractivity contribution >= 4 is 27.3 Å². The Morgan fingerprint density at radius 2 is 1.85 bits per heavy atom. The normalized spacial score (nSPS) is 11.6. The van der Waals surface area contributed by atoms with Crippen molar-refractivity contribution in [3.8, 4) is 0 Å². The molecule has 1 N–H and O–H groups in total. The number of aryl methyl sites for hydroxylation is 1. The van der Waals surface area contributed by atoms with E-state index in [0.717, 1.165) is 17.7 Å². The van der Waals surface area contributed by atoms with Crippen molar-refractivity contribution in [2.75, 3.05) is 4.72 Å². The van der Waals surface area contributed by atoms with Gasteiger partial charge in [0, 0.05) is 11.1 Å². The van der Waals surface area contributed by atoms with E-state index < -0.39 is 26.6 Å². The van der Waals surface area contributed by atoms with Gasteiger partial charge in [-0.05, 0) is 37.6 Å². The lowest BCUT2D eigenvalue weighted by molar-refractivity contribution is 0.551. The summed E-state index contributed by atoms with van der Waals surface area (Å²) in [5, 5.41) is 4.91. The van der Waals surface area contributed by atoms with Gasteiger partial charge in [-0.3, -0.25) is 9.40 Å². The molecule has 0 aliphatic carbocycles. The topological polar surface area (TPSA) is 64.0 Å². The first-order valence-electron chi connectivity index (χ1n) is 7.94. The van der Waals surface area contributed by atoms with E-state index in [1.807, 2.05) is 18.2 Å². The summed E-state index contributed by atoms with van der Waals surface area (Å²) in [5.74, 6) is -2.02. The average molecular weight is 412 g/mol. The molecule has 1 heterocycles. The number of nitrogens with one attached hydrogen (secondary N) is 1. The number of rotatable bonds is 5. The van der Waals surface area contributed by atoms with Gasteiger partial charge in [-0.15, -0.1) is 0 Å². The van der Waals surface area contributed by atoms with Crippen LogP contribution < -0.4 is 4.72 Å². The molecule has 0 unspecified atom stereocenters. The SMILES string of the molecule is Cc1nn(Cc2ccccc2Cl)c(C)c1NS(=O)(=O)c1ccc(F)cc1F. The molecule has 2 aromatic carbocycles. The molecular formula is C18H16ClF2N3O2S. The number of benzene rings is 2. The molecule has 0 spiro atoms. The summed E-state index contributed by atoms with van der Waals surface area (Å²) < 4.78 is 56.0. The van der Waals surface area contributed by atoms with Crippen LogP contribution in [0.5, 0.6) is 0 Å². The first-order valence-corrected chi connectivity index (χ1v) is 9.80. The van der Waals surface area contributed by atoms with Crippen molar-refractivity contribution in [2.45, 2.75) is 25.3 Å². The van der Waals surface area contributed by atoms with Crippen molar-refractivity contribution in [3.05, 3.63) is 76.1 Å². The monoisotopic (exact) mass is 411 g/mol. The van der Waals surface area contributed by atoms with Gasteiger partial charge in [0.15, 0.2) is 0 Å². The zero-order valence-corrected chi connectivity index (χ0v) is 16.1. The van der Waals surface area contributed by atoms with Gasteiger partial charge in [0.05, 0.1) is 23.6 Å². The molecule has 3 rings (SSSR count). The number of halogens is 3. The first-order chi connectivity index (χ1) is 12.7. The number of hydrogen-bond donors (Lipinski definition) is 1. The summed E-state index contributed by atoms with van der Waals surface area (Å²) in [4.78, 5) is -0.637. The molecule has 0 aliphatic rings. The standard InChI is InChI=1S/C18H16ClF2N3O2S/c1-11-18(23-27(25,26)17-8-7-14(20)9-16(17)21)12(2)24(22-11)10-13-5-3-4-6-15(13)19/h3-9,23H,10H2,1-2H3. The fourth-order valence-electron chi connectivity index (χ4n) is 2.67. The number of nitrogens with zero attached hydrogens (tertiary/aromatic N) is 2. The van der Waals surface area contributed by atoms with E-state index in [9.17, 15) is 17.2 Å². The lowest BCUT2D eigenvalue weighted by Crippen LogP contribution is -2.16. The molecule has 27 heavy (non-hydrogen) atoms. The van der Waals surface area contributed by atoms with Crippen molar-refractivity contribution in [1.29, 1.82) is 0 Å². The first kappa shape index (κ1) is 19.3. The Labute approximate surface area is 160 Å². The fraction of sp³-hybridized carbons (Fsp3) is 0.167. The minimum atomic E-state index is -4.24. The number of anilines is 1. The minimum Gasteiger partial charge on any atom is -0.276 e. The number of sulfonamides is 1. The van der Waals surface area contributed by atoms with Gasteiger partial charge in [0.25, 0.3) is 10.0 Å². The van der Waals surface area contributed by atoms with Crippen LogP contribution in [0.15, 0.2) is 47.4 Å². The molecular weight excluding hydrogens is 396 g/mol. The van der Waals surface area contributed by atoms with Crippen molar-refractivity contribution in [1.82, 2.24) is 9.78 Å². The molecule has 0 saturated carbocycles. The maximum absolute atomic E-state index is 13.9. The van der Waals surface area contributed by atoms with E-state index >= 15 is 0 Å². The highest BCUT2D eigenvalue weighted by Gasteiger charge is 2.23. The Morgan fingerprint density at radius 1 is 1.15 bits per heavy atom. The summed E-state index contributed by atoms with van der Waals surface area (Å²) in [6, 6.07) is 9.54. The predicted molar refractivity (Wildman–Crippen MR) is 99.4 cm³/mol. The van der Waals surface area contributed by atoms with Gasteiger partial charge in [0.1, 0.15) is 16.5 Å². The van der Waals surface area contributed by atoms with Crippen LogP contribution in [0.3, 0.4) is 0 Å². The molecule has 0 saturated heterocycles. The Bertz CT molecular complexity index is 1110. The van der Waals surface area contributed by atoms with Gasteiger partial charge < -0.3 is 0 Å². The molecule has 0 aliphatic heterocycles. The molecule has 0 bridgehead atoms. The zero-order chi connectivity index (χ0) is 19.8. The van der Waals surface area contributed by atoms with E-state index in [4.69, 9.17) is 11.6 Å². The Hall–Kier alpha value is -2.45. The lowest BCUT2D eigenvalue weighted by Gasteiger charge is -2.10. The van der Waals surface area contributed by atoms with E-state index in [-0.39, 0.29) is 5.69 Å². The van der Waals surface area contributed by atoms with Crippen LogP contribution in [0.4, 0.5) is 14.5 Å². The minimum absolute atomic E-state index is 0.241. The Kier molecular flexibility index (Phi) is 5.21. The maximum atomic E-state index is 13.9. The predicted octanol–water partition coefficient (Wildman–Crippen LogP) is 4.28. The number of hydrogen-bond acceptors (Lipinski definition) is 3. The third-order valence-corrected chi connectivity index (χ3v) is 5.83. The largest absolute Gasteiger partial charge is 0.276 e. The molecule has 0 atom stereocenters. The Balaban J connectivity index is 1.94. The number of aromatic nitrogens is 2. The van der Waals surface area contributed by atoms with Crippen LogP contribution in [0.25, 0.3) is 0 Å². The highest BCUT2D eigenvalue weighted by atomic mass is 35.5. The Morgan fingerprint density at radius 3 is 2.52 bits per heavy atom. The second-order valence-electron chi connectivity index (χ2n) is 5.98. The van der Waals surface area contributed by atoms with Gasteiger partial charge in [-0.25, -0.2) is 17.2 Å². The smallest absolute Gasteiger partial charge is 0.264 e. The van der Waals surface area contributed by atoms with Gasteiger partial charge >= 0.3 is 0 Å². The maximum Gasteiger partial charge on any atom is 0.264 e. The molecule has 5 nitrogen and oxygen atoms in total. The summed E-state index contributed by atoms with van der Waals surface area (Å²) in [6.45, 7) is 3.67.